The molecule has 0 radical (unpaired) electrons. The van der Waals surface area contributed by atoms with Crippen molar-refractivity contribution in [2.45, 2.75) is 6.92 Å². The number of anilines is 1. The van der Waals surface area contributed by atoms with Crippen molar-refractivity contribution in [1.29, 1.82) is 0 Å². The molecule has 1 saturated heterocycles. The lowest BCUT2D eigenvalue weighted by Crippen LogP contribution is -2.48. The van der Waals surface area contributed by atoms with Crippen molar-refractivity contribution in [2.75, 3.05) is 25.5 Å². The molecule has 3 N–H and O–H groups in total. The maximum absolute atomic E-state index is 11.9. The number of hydrogen-bond donors (Lipinski definition) is 2. The molecule has 0 saturated carbocycles. The van der Waals surface area contributed by atoms with Gasteiger partial charge in [0.25, 0.3) is 5.91 Å². The summed E-state index contributed by atoms with van der Waals surface area (Å²) in [6.07, 6.45) is 0. The highest BCUT2D eigenvalue weighted by atomic mass is 79.9. The molecule has 1 heterocycles. The van der Waals surface area contributed by atoms with Crippen LogP contribution >= 0.6 is 15.9 Å². The van der Waals surface area contributed by atoms with Gasteiger partial charge in [-0.3, -0.25) is 4.79 Å². The van der Waals surface area contributed by atoms with Crippen LogP contribution in [0, 0.1) is 5.41 Å². The maximum Gasteiger partial charge on any atom is 0.251 e. The largest absolute Gasteiger partial charge is 0.398 e. The zero-order chi connectivity index (χ0) is 12.5. The topological polar surface area (TPSA) is 64.4 Å². The van der Waals surface area contributed by atoms with Crippen LogP contribution in [0.5, 0.6) is 0 Å². The number of carbonyl (C=O) groups excluding carboxylic acids is 1. The van der Waals surface area contributed by atoms with Crippen LogP contribution in [0.4, 0.5) is 5.69 Å². The molecule has 1 aliphatic rings. The minimum Gasteiger partial charge on any atom is -0.398 e. The van der Waals surface area contributed by atoms with Gasteiger partial charge in [0, 0.05) is 27.7 Å². The summed E-state index contributed by atoms with van der Waals surface area (Å²) < 4.78 is 5.93. The second-order valence-electron chi connectivity index (χ2n) is 4.72. The van der Waals surface area contributed by atoms with Crippen molar-refractivity contribution < 1.29 is 9.53 Å². The second-order valence-corrected chi connectivity index (χ2v) is 5.58. The third-order valence-electron chi connectivity index (χ3n) is 2.83. The van der Waals surface area contributed by atoms with Gasteiger partial charge in [0.15, 0.2) is 0 Å². The zero-order valence-electron chi connectivity index (χ0n) is 9.63. The van der Waals surface area contributed by atoms with E-state index >= 15 is 0 Å². The molecular weight excluding hydrogens is 284 g/mol. The van der Waals surface area contributed by atoms with Crippen LogP contribution in [-0.2, 0) is 4.74 Å². The maximum atomic E-state index is 11.9. The minimum absolute atomic E-state index is 0.0799. The van der Waals surface area contributed by atoms with Crippen molar-refractivity contribution in [3.8, 4) is 0 Å². The Labute approximate surface area is 109 Å². The van der Waals surface area contributed by atoms with Crippen LogP contribution in [0.15, 0.2) is 22.7 Å². The SMILES string of the molecule is CC1(CNC(=O)c2ccc(Br)c(N)c2)COC1. The minimum atomic E-state index is -0.0997. The predicted molar refractivity (Wildman–Crippen MR) is 69.8 cm³/mol. The zero-order valence-corrected chi connectivity index (χ0v) is 11.2. The summed E-state index contributed by atoms with van der Waals surface area (Å²) in [6.45, 7) is 4.13. The first kappa shape index (κ1) is 12.4. The molecule has 0 unspecified atom stereocenters. The van der Waals surface area contributed by atoms with E-state index < -0.39 is 0 Å². The first-order valence-corrected chi connectivity index (χ1v) is 6.20. The summed E-state index contributed by atoms with van der Waals surface area (Å²) in [5.41, 5.74) is 6.95. The Bertz CT molecular complexity index is 444. The Morgan fingerprint density at radius 1 is 1.59 bits per heavy atom. The average molecular weight is 299 g/mol. The van der Waals surface area contributed by atoms with E-state index in [2.05, 4.69) is 28.2 Å². The lowest BCUT2D eigenvalue weighted by atomic mass is 9.88. The normalized spacial score (nSPS) is 17.3. The van der Waals surface area contributed by atoms with Gasteiger partial charge in [-0.1, -0.05) is 6.92 Å². The van der Waals surface area contributed by atoms with Crippen LogP contribution in [0.25, 0.3) is 0 Å². The number of carbonyl (C=O) groups is 1. The molecule has 5 heteroatoms. The summed E-state index contributed by atoms with van der Waals surface area (Å²) >= 11 is 3.30. The third-order valence-corrected chi connectivity index (χ3v) is 3.56. The van der Waals surface area contributed by atoms with E-state index in [0.29, 0.717) is 31.0 Å². The molecule has 0 spiro atoms. The Balaban J connectivity index is 1.97. The molecule has 1 aliphatic heterocycles. The van der Waals surface area contributed by atoms with Crippen molar-refractivity contribution >= 4 is 27.5 Å². The number of ether oxygens (including phenoxy) is 1. The fourth-order valence-corrected chi connectivity index (χ4v) is 1.88. The van der Waals surface area contributed by atoms with E-state index in [4.69, 9.17) is 10.5 Å². The summed E-state index contributed by atoms with van der Waals surface area (Å²) in [4.78, 5) is 11.9. The quantitative estimate of drug-likeness (QED) is 0.837. The molecule has 2 rings (SSSR count). The molecule has 1 amide bonds. The summed E-state index contributed by atoms with van der Waals surface area (Å²) in [5, 5.41) is 2.90. The summed E-state index contributed by atoms with van der Waals surface area (Å²) in [6, 6.07) is 5.19. The van der Waals surface area contributed by atoms with Crippen LogP contribution in [0.3, 0.4) is 0 Å². The molecule has 0 bridgehead atoms. The molecular formula is C12H15BrN2O2. The number of nitrogen functional groups attached to an aromatic ring is 1. The molecule has 1 aromatic carbocycles. The van der Waals surface area contributed by atoms with Crippen LogP contribution in [0.1, 0.15) is 17.3 Å². The highest BCUT2D eigenvalue weighted by Gasteiger charge is 2.33. The Morgan fingerprint density at radius 3 is 2.82 bits per heavy atom. The summed E-state index contributed by atoms with van der Waals surface area (Å²) in [5.74, 6) is -0.0997. The van der Waals surface area contributed by atoms with Crippen LogP contribution in [-0.4, -0.2) is 25.7 Å². The van der Waals surface area contributed by atoms with E-state index in [1.807, 2.05) is 0 Å². The van der Waals surface area contributed by atoms with Crippen molar-refractivity contribution in [3.63, 3.8) is 0 Å². The molecule has 1 aromatic rings. The van der Waals surface area contributed by atoms with E-state index in [0.717, 1.165) is 4.47 Å². The molecule has 1 fully saturated rings. The van der Waals surface area contributed by atoms with E-state index in [1.165, 1.54) is 0 Å². The fraction of sp³-hybridized carbons (Fsp3) is 0.417. The molecule has 92 valence electrons. The van der Waals surface area contributed by atoms with E-state index in [-0.39, 0.29) is 11.3 Å². The van der Waals surface area contributed by atoms with Gasteiger partial charge in [-0.2, -0.15) is 0 Å². The monoisotopic (exact) mass is 298 g/mol. The highest BCUT2D eigenvalue weighted by Crippen LogP contribution is 2.25. The van der Waals surface area contributed by atoms with Gasteiger partial charge in [0.05, 0.1) is 13.2 Å². The Hall–Kier alpha value is -1.07. The van der Waals surface area contributed by atoms with Gasteiger partial charge in [0.2, 0.25) is 0 Å². The van der Waals surface area contributed by atoms with Gasteiger partial charge in [0.1, 0.15) is 0 Å². The first-order chi connectivity index (χ1) is 8.00. The number of halogens is 1. The summed E-state index contributed by atoms with van der Waals surface area (Å²) in [7, 11) is 0. The van der Waals surface area contributed by atoms with Gasteiger partial charge >= 0.3 is 0 Å². The number of amides is 1. The fourth-order valence-electron chi connectivity index (χ4n) is 1.63. The van der Waals surface area contributed by atoms with Crippen LogP contribution < -0.4 is 11.1 Å². The van der Waals surface area contributed by atoms with Crippen molar-refractivity contribution in [3.05, 3.63) is 28.2 Å². The molecule has 0 aromatic heterocycles. The number of rotatable bonds is 3. The lowest BCUT2D eigenvalue weighted by Gasteiger charge is -2.38. The van der Waals surface area contributed by atoms with Gasteiger partial charge in [-0.25, -0.2) is 0 Å². The third kappa shape index (κ3) is 2.79. The van der Waals surface area contributed by atoms with E-state index in [1.54, 1.807) is 18.2 Å². The van der Waals surface area contributed by atoms with Crippen LogP contribution in [0.2, 0.25) is 0 Å². The number of nitrogens with one attached hydrogen (secondary N) is 1. The lowest BCUT2D eigenvalue weighted by molar-refractivity contribution is -0.0978. The Morgan fingerprint density at radius 2 is 2.29 bits per heavy atom. The number of hydrogen-bond acceptors (Lipinski definition) is 3. The molecule has 4 nitrogen and oxygen atoms in total. The molecule has 0 aliphatic carbocycles. The molecule has 0 atom stereocenters. The van der Waals surface area contributed by atoms with Gasteiger partial charge in [-0.05, 0) is 34.1 Å². The van der Waals surface area contributed by atoms with Crippen molar-refractivity contribution in [1.82, 2.24) is 5.32 Å². The van der Waals surface area contributed by atoms with Gasteiger partial charge < -0.3 is 15.8 Å². The first-order valence-electron chi connectivity index (χ1n) is 5.41. The number of benzene rings is 1. The van der Waals surface area contributed by atoms with Gasteiger partial charge in [-0.15, -0.1) is 0 Å². The van der Waals surface area contributed by atoms with Crippen molar-refractivity contribution in [2.24, 2.45) is 5.41 Å². The predicted octanol–water partition coefficient (Wildman–Crippen LogP) is 1.80. The Kier molecular flexibility index (Phi) is 3.40. The smallest absolute Gasteiger partial charge is 0.251 e. The standard InChI is InChI=1S/C12H15BrN2O2/c1-12(6-17-7-12)5-15-11(16)8-2-3-9(13)10(14)4-8/h2-4H,5-7,14H2,1H3,(H,15,16). The average Bonchev–Trinajstić information content (AvgIpc) is 2.27. The second kappa shape index (κ2) is 4.66. The van der Waals surface area contributed by atoms with E-state index in [9.17, 15) is 4.79 Å². The highest BCUT2D eigenvalue weighted by molar-refractivity contribution is 9.10. The number of nitrogens with two attached hydrogens (primary N) is 1. The molecule has 17 heavy (non-hydrogen) atoms.